The molecule has 0 saturated carbocycles. The van der Waals surface area contributed by atoms with Crippen LogP contribution < -0.4 is 11.1 Å². The smallest absolute Gasteiger partial charge is 0.356 e. The summed E-state index contributed by atoms with van der Waals surface area (Å²) in [7, 11) is 3.45. The second-order valence-electron chi connectivity index (χ2n) is 4.78. The molecule has 2 rings (SSSR count). The highest BCUT2D eigenvalue weighted by molar-refractivity contribution is 5.88. The standard InChI is InChI=1S/C13H20N4O2/c1-17-7-3-4-9(17)8-15-12-10(14)5-6-11(16-12)13(18)19-2/h5-6,9H,3-4,7-8,14H2,1-2H3,(H,15,16). The molecule has 0 bridgehead atoms. The zero-order valence-corrected chi connectivity index (χ0v) is 11.3. The number of ether oxygens (including phenoxy) is 1. The number of pyridine rings is 1. The molecule has 2 heterocycles. The SMILES string of the molecule is COC(=O)c1ccc(N)c(NCC2CCCN2C)n1. The van der Waals surface area contributed by atoms with E-state index in [4.69, 9.17) is 5.73 Å². The van der Waals surface area contributed by atoms with Crippen LogP contribution in [0.2, 0.25) is 0 Å². The molecule has 0 spiro atoms. The summed E-state index contributed by atoms with van der Waals surface area (Å²) in [6.07, 6.45) is 2.38. The van der Waals surface area contributed by atoms with E-state index in [0.29, 0.717) is 17.5 Å². The van der Waals surface area contributed by atoms with Crippen LogP contribution in [0.15, 0.2) is 12.1 Å². The molecule has 0 radical (unpaired) electrons. The largest absolute Gasteiger partial charge is 0.464 e. The number of nitrogens with two attached hydrogens (primary N) is 1. The summed E-state index contributed by atoms with van der Waals surface area (Å²) in [5.41, 5.74) is 6.66. The first-order valence-electron chi connectivity index (χ1n) is 6.40. The Hall–Kier alpha value is -1.82. The quantitative estimate of drug-likeness (QED) is 0.788. The molecule has 1 unspecified atom stereocenters. The molecule has 1 aliphatic heterocycles. The zero-order chi connectivity index (χ0) is 13.8. The summed E-state index contributed by atoms with van der Waals surface area (Å²) < 4.78 is 4.65. The Kier molecular flexibility index (Phi) is 4.21. The zero-order valence-electron chi connectivity index (χ0n) is 11.3. The number of likely N-dealkylation sites (tertiary alicyclic amines) is 1. The Bertz CT molecular complexity index is 464. The van der Waals surface area contributed by atoms with Crippen molar-refractivity contribution in [2.45, 2.75) is 18.9 Å². The summed E-state index contributed by atoms with van der Waals surface area (Å²) in [4.78, 5) is 17.9. The van der Waals surface area contributed by atoms with Crippen LogP contribution in [0.3, 0.4) is 0 Å². The topological polar surface area (TPSA) is 80.5 Å². The van der Waals surface area contributed by atoms with Crippen molar-refractivity contribution in [3.05, 3.63) is 17.8 Å². The van der Waals surface area contributed by atoms with Gasteiger partial charge < -0.3 is 20.7 Å². The molecule has 0 aromatic carbocycles. The summed E-state index contributed by atoms with van der Waals surface area (Å²) in [6.45, 7) is 1.90. The van der Waals surface area contributed by atoms with E-state index in [-0.39, 0.29) is 5.69 Å². The second kappa shape index (κ2) is 5.88. The van der Waals surface area contributed by atoms with Crippen LogP contribution in [-0.4, -0.2) is 49.1 Å². The number of nitrogen functional groups attached to an aromatic ring is 1. The molecule has 1 atom stereocenters. The van der Waals surface area contributed by atoms with E-state index in [1.54, 1.807) is 12.1 Å². The number of carbonyl (C=O) groups excluding carboxylic acids is 1. The number of nitrogens with zero attached hydrogens (tertiary/aromatic N) is 2. The summed E-state index contributed by atoms with van der Waals surface area (Å²) in [6, 6.07) is 3.72. The molecule has 6 heteroatoms. The number of nitrogens with one attached hydrogen (secondary N) is 1. The van der Waals surface area contributed by atoms with Crippen LogP contribution >= 0.6 is 0 Å². The lowest BCUT2D eigenvalue weighted by Gasteiger charge is -2.20. The van der Waals surface area contributed by atoms with E-state index in [0.717, 1.165) is 13.1 Å². The normalized spacial score (nSPS) is 19.4. The fraction of sp³-hybridized carbons (Fsp3) is 0.538. The minimum absolute atomic E-state index is 0.263. The Labute approximate surface area is 112 Å². The van der Waals surface area contributed by atoms with Gasteiger partial charge in [0.25, 0.3) is 0 Å². The lowest BCUT2D eigenvalue weighted by Crippen LogP contribution is -2.32. The molecule has 6 nitrogen and oxygen atoms in total. The maximum absolute atomic E-state index is 11.4. The van der Waals surface area contributed by atoms with Crippen molar-refractivity contribution < 1.29 is 9.53 Å². The van der Waals surface area contributed by atoms with Crippen molar-refractivity contribution in [2.24, 2.45) is 0 Å². The number of rotatable bonds is 4. The third kappa shape index (κ3) is 3.14. The highest BCUT2D eigenvalue weighted by atomic mass is 16.5. The molecule has 0 aliphatic carbocycles. The maximum Gasteiger partial charge on any atom is 0.356 e. The van der Waals surface area contributed by atoms with Crippen LogP contribution in [0.4, 0.5) is 11.5 Å². The lowest BCUT2D eigenvalue weighted by atomic mass is 10.2. The Morgan fingerprint density at radius 1 is 1.63 bits per heavy atom. The van der Waals surface area contributed by atoms with Crippen molar-refractivity contribution in [1.82, 2.24) is 9.88 Å². The molecule has 104 valence electrons. The highest BCUT2D eigenvalue weighted by Gasteiger charge is 2.21. The van der Waals surface area contributed by atoms with E-state index in [1.807, 2.05) is 0 Å². The number of anilines is 2. The summed E-state index contributed by atoms with van der Waals surface area (Å²) in [5.74, 6) is 0.0873. The molecular weight excluding hydrogens is 244 g/mol. The Balaban J connectivity index is 2.04. The third-order valence-corrected chi connectivity index (χ3v) is 3.50. The first-order valence-corrected chi connectivity index (χ1v) is 6.40. The predicted octanol–water partition coefficient (Wildman–Crippen LogP) is 0.956. The monoisotopic (exact) mass is 264 g/mol. The molecule has 1 aromatic rings. The van der Waals surface area contributed by atoms with Crippen molar-refractivity contribution in [1.29, 1.82) is 0 Å². The number of hydrogen-bond donors (Lipinski definition) is 2. The third-order valence-electron chi connectivity index (χ3n) is 3.50. The number of hydrogen-bond acceptors (Lipinski definition) is 6. The molecule has 1 aromatic heterocycles. The van der Waals surface area contributed by atoms with Gasteiger partial charge >= 0.3 is 5.97 Å². The second-order valence-corrected chi connectivity index (χ2v) is 4.78. The fourth-order valence-corrected chi connectivity index (χ4v) is 2.28. The van der Waals surface area contributed by atoms with Crippen molar-refractivity contribution in [3.8, 4) is 0 Å². The van der Waals surface area contributed by atoms with Crippen molar-refractivity contribution in [2.75, 3.05) is 38.3 Å². The molecular formula is C13H20N4O2. The van der Waals surface area contributed by atoms with E-state index < -0.39 is 5.97 Å². The van der Waals surface area contributed by atoms with E-state index in [1.165, 1.54) is 20.0 Å². The maximum atomic E-state index is 11.4. The van der Waals surface area contributed by atoms with E-state index in [2.05, 4.69) is 27.0 Å². The lowest BCUT2D eigenvalue weighted by molar-refractivity contribution is 0.0594. The molecule has 1 aliphatic rings. The van der Waals surface area contributed by atoms with Gasteiger partial charge in [0.2, 0.25) is 0 Å². The number of aromatic nitrogens is 1. The average molecular weight is 264 g/mol. The van der Waals surface area contributed by atoms with Gasteiger partial charge in [0.15, 0.2) is 5.69 Å². The molecule has 3 N–H and O–H groups in total. The van der Waals surface area contributed by atoms with Gasteiger partial charge in [0, 0.05) is 12.6 Å². The number of carbonyl (C=O) groups is 1. The van der Waals surface area contributed by atoms with E-state index in [9.17, 15) is 4.79 Å². The minimum atomic E-state index is -0.457. The van der Waals surface area contributed by atoms with Crippen LogP contribution in [0.1, 0.15) is 23.3 Å². The number of likely N-dealkylation sites (N-methyl/N-ethyl adjacent to an activating group) is 1. The van der Waals surface area contributed by atoms with Gasteiger partial charge in [-0.2, -0.15) is 0 Å². The number of esters is 1. The van der Waals surface area contributed by atoms with Crippen LogP contribution in [0.25, 0.3) is 0 Å². The predicted molar refractivity (Wildman–Crippen MR) is 74.1 cm³/mol. The highest BCUT2D eigenvalue weighted by Crippen LogP contribution is 2.19. The fourth-order valence-electron chi connectivity index (χ4n) is 2.28. The van der Waals surface area contributed by atoms with Crippen molar-refractivity contribution in [3.63, 3.8) is 0 Å². The van der Waals surface area contributed by atoms with Gasteiger partial charge in [-0.15, -0.1) is 0 Å². The van der Waals surface area contributed by atoms with Gasteiger partial charge in [0.05, 0.1) is 12.8 Å². The molecule has 1 saturated heterocycles. The van der Waals surface area contributed by atoms with Gasteiger partial charge in [-0.05, 0) is 38.6 Å². The van der Waals surface area contributed by atoms with Crippen molar-refractivity contribution >= 4 is 17.5 Å². The van der Waals surface area contributed by atoms with E-state index >= 15 is 0 Å². The molecule has 1 fully saturated rings. The van der Waals surface area contributed by atoms with Gasteiger partial charge in [-0.25, -0.2) is 9.78 Å². The summed E-state index contributed by atoms with van der Waals surface area (Å²) >= 11 is 0. The van der Waals surface area contributed by atoms with Crippen LogP contribution in [0.5, 0.6) is 0 Å². The first-order chi connectivity index (χ1) is 9.11. The van der Waals surface area contributed by atoms with Gasteiger partial charge in [-0.3, -0.25) is 0 Å². The first kappa shape index (κ1) is 13.6. The van der Waals surface area contributed by atoms with Crippen LogP contribution in [-0.2, 0) is 4.74 Å². The van der Waals surface area contributed by atoms with Gasteiger partial charge in [0.1, 0.15) is 5.82 Å². The summed E-state index contributed by atoms with van der Waals surface area (Å²) in [5, 5.41) is 3.22. The Morgan fingerprint density at radius 3 is 3.05 bits per heavy atom. The molecule has 0 amide bonds. The Morgan fingerprint density at radius 2 is 2.42 bits per heavy atom. The van der Waals surface area contributed by atoms with Crippen LogP contribution in [0, 0.1) is 0 Å². The number of methoxy groups -OCH3 is 1. The van der Waals surface area contributed by atoms with Gasteiger partial charge in [-0.1, -0.05) is 0 Å². The molecule has 19 heavy (non-hydrogen) atoms. The average Bonchev–Trinajstić information content (AvgIpc) is 2.82. The minimum Gasteiger partial charge on any atom is -0.464 e.